The van der Waals surface area contributed by atoms with Crippen molar-refractivity contribution in [1.29, 1.82) is 0 Å². The Morgan fingerprint density at radius 1 is 1.00 bits per heavy atom. The SMILES string of the molecule is Cc1cc(C(=O)Nc2ccccc2)nc(Nc2ccccc2OC(C)C)n1. The number of benzene rings is 2. The molecule has 0 unspecified atom stereocenters. The van der Waals surface area contributed by atoms with Gasteiger partial charge in [0.05, 0.1) is 11.8 Å². The summed E-state index contributed by atoms with van der Waals surface area (Å²) in [6.07, 6.45) is 0.0404. The topological polar surface area (TPSA) is 76.1 Å². The molecule has 1 amide bonds. The van der Waals surface area contributed by atoms with E-state index in [0.29, 0.717) is 23.1 Å². The van der Waals surface area contributed by atoms with E-state index in [-0.39, 0.29) is 17.7 Å². The molecule has 0 aliphatic rings. The lowest BCUT2D eigenvalue weighted by atomic mass is 10.2. The minimum Gasteiger partial charge on any atom is -0.489 e. The van der Waals surface area contributed by atoms with Crippen molar-refractivity contribution in [2.24, 2.45) is 0 Å². The van der Waals surface area contributed by atoms with Gasteiger partial charge < -0.3 is 15.4 Å². The molecule has 0 aliphatic carbocycles. The highest BCUT2D eigenvalue weighted by atomic mass is 16.5. The number of carbonyl (C=O) groups excluding carboxylic acids is 1. The summed E-state index contributed by atoms with van der Waals surface area (Å²) in [7, 11) is 0. The van der Waals surface area contributed by atoms with E-state index in [0.717, 1.165) is 5.69 Å². The first-order valence-electron chi connectivity index (χ1n) is 8.76. The maximum absolute atomic E-state index is 12.5. The maximum atomic E-state index is 12.5. The van der Waals surface area contributed by atoms with Crippen molar-refractivity contribution >= 4 is 23.2 Å². The molecule has 0 fully saturated rings. The van der Waals surface area contributed by atoms with Crippen LogP contribution in [0.15, 0.2) is 60.7 Å². The molecule has 1 heterocycles. The summed E-state index contributed by atoms with van der Waals surface area (Å²) >= 11 is 0. The second kappa shape index (κ2) is 8.31. The van der Waals surface area contributed by atoms with Gasteiger partial charge in [0.1, 0.15) is 11.4 Å². The maximum Gasteiger partial charge on any atom is 0.274 e. The molecule has 0 bridgehead atoms. The predicted molar refractivity (Wildman–Crippen MR) is 107 cm³/mol. The number of nitrogens with one attached hydrogen (secondary N) is 2. The Balaban J connectivity index is 1.83. The Morgan fingerprint density at radius 2 is 1.70 bits per heavy atom. The zero-order chi connectivity index (χ0) is 19.2. The Morgan fingerprint density at radius 3 is 2.44 bits per heavy atom. The van der Waals surface area contributed by atoms with E-state index in [4.69, 9.17) is 4.74 Å². The van der Waals surface area contributed by atoms with Crippen molar-refractivity contribution in [2.45, 2.75) is 26.9 Å². The molecule has 6 heteroatoms. The highest BCUT2D eigenvalue weighted by Crippen LogP contribution is 2.27. The van der Waals surface area contributed by atoms with Gasteiger partial charge in [0.2, 0.25) is 5.95 Å². The van der Waals surface area contributed by atoms with Crippen LogP contribution in [-0.4, -0.2) is 22.0 Å². The number of hydrogen-bond acceptors (Lipinski definition) is 5. The van der Waals surface area contributed by atoms with Gasteiger partial charge in [-0.25, -0.2) is 9.97 Å². The van der Waals surface area contributed by atoms with E-state index in [2.05, 4.69) is 20.6 Å². The Kier molecular flexibility index (Phi) is 5.66. The molecule has 6 nitrogen and oxygen atoms in total. The standard InChI is InChI=1S/C21H22N4O2/c1-14(2)27-19-12-8-7-11-17(19)24-21-22-15(3)13-18(25-21)20(26)23-16-9-5-4-6-10-16/h4-14H,1-3H3,(H,23,26)(H,22,24,25). The van der Waals surface area contributed by atoms with Gasteiger partial charge in [-0.1, -0.05) is 30.3 Å². The normalized spacial score (nSPS) is 10.5. The third kappa shape index (κ3) is 5.04. The number of ether oxygens (including phenoxy) is 1. The number of para-hydroxylation sites is 3. The fourth-order valence-electron chi connectivity index (χ4n) is 2.50. The van der Waals surface area contributed by atoms with E-state index in [1.807, 2.05) is 75.4 Å². The fourth-order valence-corrected chi connectivity index (χ4v) is 2.50. The van der Waals surface area contributed by atoms with Crippen LogP contribution in [-0.2, 0) is 0 Å². The van der Waals surface area contributed by atoms with Gasteiger partial charge >= 0.3 is 0 Å². The average molecular weight is 362 g/mol. The first-order chi connectivity index (χ1) is 13.0. The molecule has 0 saturated carbocycles. The molecule has 27 heavy (non-hydrogen) atoms. The number of amides is 1. The zero-order valence-corrected chi connectivity index (χ0v) is 15.6. The number of hydrogen-bond donors (Lipinski definition) is 2. The summed E-state index contributed by atoms with van der Waals surface area (Å²) in [5.41, 5.74) is 2.43. The van der Waals surface area contributed by atoms with Gasteiger partial charge in [0.15, 0.2) is 0 Å². The zero-order valence-electron chi connectivity index (χ0n) is 15.6. The molecule has 0 spiro atoms. The first kappa shape index (κ1) is 18.4. The summed E-state index contributed by atoms with van der Waals surface area (Å²) in [5, 5.41) is 5.98. The molecule has 0 atom stereocenters. The summed E-state index contributed by atoms with van der Waals surface area (Å²) in [5.74, 6) is 0.752. The lowest BCUT2D eigenvalue weighted by Crippen LogP contribution is -2.15. The quantitative estimate of drug-likeness (QED) is 0.672. The Bertz CT molecular complexity index is 926. The number of aryl methyl sites for hydroxylation is 1. The molecule has 0 saturated heterocycles. The van der Waals surface area contributed by atoms with Crippen molar-refractivity contribution in [3.63, 3.8) is 0 Å². The summed E-state index contributed by atoms with van der Waals surface area (Å²) in [4.78, 5) is 21.3. The number of aromatic nitrogens is 2. The second-order valence-corrected chi connectivity index (χ2v) is 6.33. The van der Waals surface area contributed by atoms with E-state index in [1.165, 1.54) is 0 Å². The minimum atomic E-state index is -0.290. The number of nitrogens with zero attached hydrogens (tertiary/aromatic N) is 2. The highest BCUT2D eigenvalue weighted by Gasteiger charge is 2.13. The predicted octanol–water partition coefficient (Wildman–Crippen LogP) is 4.57. The number of carbonyl (C=O) groups is 1. The first-order valence-corrected chi connectivity index (χ1v) is 8.76. The van der Waals surface area contributed by atoms with Crippen molar-refractivity contribution in [3.8, 4) is 5.75 Å². The fraction of sp³-hybridized carbons (Fsp3) is 0.190. The van der Waals surface area contributed by atoms with Crippen LogP contribution >= 0.6 is 0 Å². The smallest absolute Gasteiger partial charge is 0.274 e. The molecule has 3 aromatic rings. The molecule has 138 valence electrons. The van der Waals surface area contributed by atoms with Crippen LogP contribution in [0.4, 0.5) is 17.3 Å². The molecule has 0 aliphatic heterocycles. The third-order valence-corrected chi connectivity index (χ3v) is 3.61. The number of rotatable bonds is 6. The van der Waals surface area contributed by atoms with Crippen LogP contribution < -0.4 is 15.4 Å². The molecule has 0 radical (unpaired) electrons. The van der Waals surface area contributed by atoms with Crippen LogP contribution in [0, 0.1) is 6.92 Å². The monoisotopic (exact) mass is 362 g/mol. The lowest BCUT2D eigenvalue weighted by Gasteiger charge is -2.15. The second-order valence-electron chi connectivity index (χ2n) is 6.33. The number of anilines is 3. The van der Waals surface area contributed by atoms with Gasteiger partial charge in [0, 0.05) is 11.4 Å². The van der Waals surface area contributed by atoms with Crippen LogP contribution in [0.1, 0.15) is 30.0 Å². The minimum absolute atomic E-state index is 0.0404. The molecule has 1 aromatic heterocycles. The Labute approximate surface area is 158 Å². The van der Waals surface area contributed by atoms with Gasteiger partial charge in [-0.3, -0.25) is 4.79 Å². The summed E-state index contributed by atoms with van der Waals surface area (Å²) in [6.45, 7) is 5.75. The third-order valence-electron chi connectivity index (χ3n) is 3.61. The molecular formula is C21H22N4O2. The molecular weight excluding hydrogens is 340 g/mol. The summed E-state index contributed by atoms with van der Waals surface area (Å²) < 4.78 is 5.81. The molecule has 2 aromatic carbocycles. The highest BCUT2D eigenvalue weighted by molar-refractivity contribution is 6.03. The van der Waals surface area contributed by atoms with Gasteiger partial charge in [-0.15, -0.1) is 0 Å². The van der Waals surface area contributed by atoms with Crippen LogP contribution in [0.3, 0.4) is 0 Å². The Hall–Kier alpha value is -3.41. The van der Waals surface area contributed by atoms with E-state index >= 15 is 0 Å². The van der Waals surface area contributed by atoms with Crippen molar-refractivity contribution in [3.05, 3.63) is 72.1 Å². The van der Waals surface area contributed by atoms with Crippen molar-refractivity contribution in [1.82, 2.24) is 9.97 Å². The van der Waals surface area contributed by atoms with Crippen LogP contribution in [0.5, 0.6) is 5.75 Å². The average Bonchev–Trinajstić information content (AvgIpc) is 2.63. The van der Waals surface area contributed by atoms with Gasteiger partial charge in [-0.2, -0.15) is 0 Å². The largest absolute Gasteiger partial charge is 0.489 e. The van der Waals surface area contributed by atoms with E-state index < -0.39 is 0 Å². The molecule has 2 N–H and O–H groups in total. The van der Waals surface area contributed by atoms with Crippen molar-refractivity contribution in [2.75, 3.05) is 10.6 Å². The van der Waals surface area contributed by atoms with Crippen LogP contribution in [0.2, 0.25) is 0 Å². The van der Waals surface area contributed by atoms with E-state index in [1.54, 1.807) is 6.07 Å². The van der Waals surface area contributed by atoms with Crippen molar-refractivity contribution < 1.29 is 9.53 Å². The van der Waals surface area contributed by atoms with Gasteiger partial charge in [0.25, 0.3) is 5.91 Å². The summed E-state index contributed by atoms with van der Waals surface area (Å²) in [6, 6.07) is 18.5. The molecule has 3 rings (SSSR count). The van der Waals surface area contributed by atoms with Crippen LogP contribution in [0.25, 0.3) is 0 Å². The van der Waals surface area contributed by atoms with Gasteiger partial charge in [-0.05, 0) is 51.1 Å². The lowest BCUT2D eigenvalue weighted by molar-refractivity contribution is 0.102. The van der Waals surface area contributed by atoms with E-state index in [9.17, 15) is 4.79 Å².